The summed E-state index contributed by atoms with van der Waals surface area (Å²) in [5.41, 5.74) is 12.8. The van der Waals surface area contributed by atoms with E-state index in [1.165, 1.54) is 29.3 Å². The normalized spacial score (nSPS) is 25.3. The molecule has 7 nitrogen and oxygen atoms in total. The molecule has 1 aromatic rings. The summed E-state index contributed by atoms with van der Waals surface area (Å²) in [7, 11) is 3.21. The number of hydrogen-bond acceptors (Lipinski definition) is 7. The third kappa shape index (κ3) is 5.08. The number of nitrogens with two attached hydrogens (primary N) is 2. The molecule has 0 saturated carbocycles. The van der Waals surface area contributed by atoms with Crippen LogP contribution < -0.4 is 16.8 Å². The van der Waals surface area contributed by atoms with Crippen LogP contribution in [0.25, 0.3) is 0 Å². The first kappa shape index (κ1) is 23.2. The van der Waals surface area contributed by atoms with Crippen molar-refractivity contribution in [3.05, 3.63) is 58.4 Å². The van der Waals surface area contributed by atoms with Crippen LogP contribution >= 0.6 is 11.8 Å². The number of benzene rings is 1. The number of likely N-dealkylation sites (N-methyl/N-ethyl adjacent to an activating group) is 1. The molecule has 0 aliphatic carbocycles. The number of hydrogen-bond donors (Lipinski definition) is 3. The lowest BCUT2D eigenvalue weighted by molar-refractivity contribution is -0.118. The number of rotatable bonds is 5. The Bertz CT molecular complexity index is 901. The summed E-state index contributed by atoms with van der Waals surface area (Å²) >= 11 is 1.15. The van der Waals surface area contributed by atoms with Crippen LogP contribution in [-0.2, 0) is 9.53 Å². The highest BCUT2D eigenvalue weighted by molar-refractivity contribution is 8.02. The number of carbonyl (C=O) groups excluding carboxylic acids is 1. The second-order valence-corrected chi connectivity index (χ2v) is 8.32. The zero-order valence-electron chi connectivity index (χ0n) is 17.5. The Labute approximate surface area is 184 Å². The fraction of sp³-hybridized carbons (Fsp3) is 0.429. The molecule has 5 N–H and O–H groups in total. The number of thioether (sulfide) groups is 1. The Morgan fingerprint density at radius 1 is 1.32 bits per heavy atom. The van der Waals surface area contributed by atoms with Crippen molar-refractivity contribution < 1.29 is 18.3 Å². The molecule has 3 atom stereocenters. The van der Waals surface area contributed by atoms with E-state index in [2.05, 4.69) is 10.3 Å². The van der Waals surface area contributed by atoms with Gasteiger partial charge in [-0.25, -0.2) is 8.78 Å². The first-order valence-corrected chi connectivity index (χ1v) is 10.9. The predicted molar refractivity (Wildman–Crippen MR) is 118 cm³/mol. The van der Waals surface area contributed by atoms with Gasteiger partial charge in [-0.2, -0.15) is 0 Å². The number of carbonyl (C=O) groups is 1. The van der Waals surface area contributed by atoms with Gasteiger partial charge >= 0.3 is 0 Å². The number of nitrogens with one attached hydrogen (secondary N) is 1. The van der Waals surface area contributed by atoms with Gasteiger partial charge in [-0.05, 0) is 31.4 Å². The molecule has 31 heavy (non-hydrogen) atoms. The SMILES string of the molecule is CN=C(C(=CN)NC(=O)C1=CSC(c2c(F)cccc2F)N1C)C1CCC(N)CCO1. The largest absolute Gasteiger partial charge is 0.403 e. The van der Waals surface area contributed by atoms with Crippen LogP contribution in [0.2, 0.25) is 0 Å². The third-order valence-corrected chi connectivity index (χ3v) is 6.53. The quantitative estimate of drug-likeness (QED) is 0.594. The number of aliphatic imine (C=N–C) groups is 1. The van der Waals surface area contributed by atoms with E-state index in [1.807, 2.05) is 0 Å². The summed E-state index contributed by atoms with van der Waals surface area (Å²) in [5.74, 6) is -1.78. The minimum absolute atomic E-state index is 0.0630. The van der Waals surface area contributed by atoms with E-state index >= 15 is 0 Å². The minimum atomic E-state index is -0.696. The molecule has 2 aliphatic rings. The Kier molecular flexibility index (Phi) is 7.69. The smallest absolute Gasteiger partial charge is 0.272 e. The molecule has 1 aromatic carbocycles. The Balaban J connectivity index is 1.72. The van der Waals surface area contributed by atoms with Crippen LogP contribution in [-0.4, -0.2) is 49.4 Å². The van der Waals surface area contributed by atoms with Gasteiger partial charge in [-0.3, -0.25) is 9.79 Å². The van der Waals surface area contributed by atoms with Gasteiger partial charge in [0.25, 0.3) is 5.91 Å². The maximum Gasteiger partial charge on any atom is 0.272 e. The van der Waals surface area contributed by atoms with Crippen LogP contribution in [0.4, 0.5) is 8.78 Å². The van der Waals surface area contributed by atoms with E-state index in [0.717, 1.165) is 24.6 Å². The summed E-state index contributed by atoms with van der Waals surface area (Å²) in [4.78, 5) is 18.8. The standard InChI is InChI=1S/C21H27F2N5O2S/c1-26-19(17-7-6-12(25)8-9-30-17)15(10-24)27-20(29)16-11-31-21(28(16)2)18-13(22)4-3-5-14(18)23/h3-5,10-12,17,21H,6-9,24-25H2,1-2H3,(H,27,29). The first-order valence-electron chi connectivity index (χ1n) is 9.97. The molecule has 3 rings (SSSR count). The molecule has 1 saturated heterocycles. The number of amides is 1. The van der Waals surface area contributed by atoms with E-state index in [0.29, 0.717) is 24.4 Å². The van der Waals surface area contributed by atoms with Gasteiger partial charge < -0.3 is 26.4 Å². The summed E-state index contributed by atoms with van der Waals surface area (Å²) in [6.07, 6.45) is 3.12. The lowest BCUT2D eigenvalue weighted by Gasteiger charge is -2.25. The highest BCUT2D eigenvalue weighted by atomic mass is 32.2. The molecule has 0 radical (unpaired) electrons. The van der Waals surface area contributed by atoms with Crippen LogP contribution in [0.3, 0.4) is 0 Å². The summed E-state index contributed by atoms with van der Waals surface area (Å²) in [6, 6.07) is 3.76. The number of ether oxygens (including phenoxy) is 1. The summed E-state index contributed by atoms with van der Waals surface area (Å²) in [5, 5.41) is 3.64. The predicted octanol–water partition coefficient (Wildman–Crippen LogP) is 2.37. The fourth-order valence-corrected chi connectivity index (χ4v) is 4.83. The first-order chi connectivity index (χ1) is 14.9. The average molecular weight is 452 g/mol. The van der Waals surface area contributed by atoms with Gasteiger partial charge in [-0.1, -0.05) is 6.07 Å². The lowest BCUT2D eigenvalue weighted by Crippen LogP contribution is -2.38. The van der Waals surface area contributed by atoms with Crippen LogP contribution in [0.5, 0.6) is 0 Å². The third-order valence-electron chi connectivity index (χ3n) is 5.36. The molecular weight excluding hydrogens is 424 g/mol. The van der Waals surface area contributed by atoms with Gasteiger partial charge in [0.2, 0.25) is 0 Å². The van der Waals surface area contributed by atoms with Gasteiger partial charge in [0.15, 0.2) is 0 Å². The van der Waals surface area contributed by atoms with E-state index < -0.39 is 22.9 Å². The van der Waals surface area contributed by atoms with E-state index in [4.69, 9.17) is 16.2 Å². The molecule has 0 aromatic heterocycles. The van der Waals surface area contributed by atoms with Crippen molar-refractivity contribution in [2.75, 3.05) is 20.7 Å². The van der Waals surface area contributed by atoms with E-state index in [-0.39, 0.29) is 23.4 Å². The molecule has 2 heterocycles. The number of halogens is 2. The van der Waals surface area contributed by atoms with Crippen molar-refractivity contribution in [2.45, 2.75) is 36.8 Å². The van der Waals surface area contributed by atoms with E-state index in [1.54, 1.807) is 19.5 Å². The van der Waals surface area contributed by atoms with Gasteiger partial charge in [0.1, 0.15) is 28.8 Å². The minimum Gasteiger partial charge on any atom is -0.403 e. The Hall–Kier alpha value is -2.43. The van der Waals surface area contributed by atoms with Crippen molar-refractivity contribution in [2.24, 2.45) is 16.5 Å². The highest BCUT2D eigenvalue weighted by Gasteiger charge is 2.34. The maximum atomic E-state index is 14.2. The van der Waals surface area contributed by atoms with Crippen molar-refractivity contribution in [1.29, 1.82) is 0 Å². The average Bonchev–Trinajstić information content (AvgIpc) is 2.98. The van der Waals surface area contributed by atoms with Crippen molar-refractivity contribution >= 4 is 23.4 Å². The molecule has 168 valence electrons. The fourth-order valence-electron chi connectivity index (χ4n) is 3.64. The molecule has 10 heteroatoms. The van der Waals surface area contributed by atoms with E-state index in [9.17, 15) is 13.6 Å². The second-order valence-electron chi connectivity index (χ2n) is 7.37. The molecule has 1 amide bonds. The van der Waals surface area contributed by atoms with Crippen molar-refractivity contribution in [3.63, 3.8) is 0 Å². The summed E-state index contributed by atoms with van der Waals surface area (Å²) < 4.78 is 34.3. The Morgan fingerprint density at radius 3 is 2.68 bits per heavy atom. The van der Waals surface area contributed by atoms with Gasteiger partial charge in [0.05, 0.1) is 17.0 Å². The monoisotopic (exact) mass is 451 g/mol. The molecule has 1 fully saturated rings. The summed E-state index contributed by atoms with van der Waals surface area (Å²) in [6.45, 7) is 0.497. The van der Waals surface area contributed by atoms with Crippen LogP contribution in [0.15, 0.2) is 46.2 Å². The van der Waals surface area contributed by atoms with Crippen LogP contribution in [0, 0.1) is 11.6 Å². The highest BCUT2D eigenvalue weighted by Crippen LogP contribution is 2.43. The Morgan fingerprint density at radius 2 is 2.03 bits per heavy atom. The zero-order valence-corrected chi connectivity index (χ0v) is 18.3. The lowest BCUT2D eigenvalue weighted by atomic mass is 10.0. The second kappa shape index (κ2) is 10.3. The molecular formula is C21H27F2N5O2S. The maximum absolute atomic E-state index is 14.2. The van der Waals surface area contributed by atoms with Gasteiger partial charge in [-0.15, -0.1) is 11.8 Å². The van der Waals surface area contributed by atoms with Crippen molar-refractivity contribution in [1.82, 2.24) is 10.2 Å². The zero-order chi connectivity index (χ0) is 22.5. The van der Waals surface area contributed by atoms with Crippen LogP contribution in [0.1, 0.15) is 30.2 Å². The van der Waals surface area contributed by atoms with Gasteiger partial charge in [0, 0.05) is 38.4 Å². The molecule has 0 spiro atoms. The number of nitrogens with zero attached hydrogens (tertiary/aromatic N) is 2. The molecule has 0 bridgehead atoms. The molecule has 2 aliphatic heterocycles. The van der Waals surface area contributed by atoms with Crippen molar-refractivity contribution in [3.8, 4) is 0 Å². The topological polar surface area (TPSA) is 106 Å². The molecule has 3 unspecified atom stereocenters.